The van der Waals surface area contributed by atoms with Gasteiger partial charge < -0.3 is 9.73 Å². The van der Waals surface area contributed by atoms with Gasteiger partial charge in [-0.05, 0) is 12.3 Å². The second-order valence-electron chi connectivity index (χ2n) is 4.35. The Morgan fingerprint density at radius 3 is 2.83 bits per heavy atom. The molecule has 0 aliphatic heterocycles. The van der Waals surface area contributed by atoms with Crippen molar-refractivity contribution in [2.24, 2.45) is 0 Å². The van der Waals surface area contributed by atoms with Gasteiger partial charge in [0.05, 0.1) is 12.7 Å². The van der Waals surface area contributed by atoms with E-state index in [1.807, 2.05) is 12.1 Å². The summed E-state index contributed by atoms with van der Waals surface area (Å²) in [6, 6.07) is 8.63. The lowest BCUT2D eigenvalue weighted by molar-refractivity contribution is 0.458. The van der Waals surface area contributed by atoms with Gasteiger partial charge in [0, 0.05) is 16.5 Å². The van der Waals surface area contributed by atoms with E-state index in [0.717, 1.165) is 17.2 Å². The van der Waals surface area contributed by atoms with Crippen molar-refractivity contribution in [3.8, 4) is 11.3 Å². The third-order valence-electron chi connectivity index (χ3n) is 2.59. The molecule has 1 aromatic carbocycles. The second kappa shape index (κ2) is 6.07. The fraction of sp³-hybridized carbons (Fsp3) is 0.357. The second-order valence-corrected chi connectivity index (χ2v) is 5.20. The molecule has 1 N–H and O–H groups in total. The molecule has 4 heteroatoms. The van der Waals surface area contributed by atoms with Crippen LogP contribution in [0.3, 0.4) is 0 Å². The van der Waals surface area contributed by atoms with Crippen LogP contribution in [0.1, 0.15) is 19.7 Å². The first-order chi connectivity index (χ1) is 8.70. The fourth-order valence-corrected chi connectivity index (χ4v) is 2.26. The summed E-state index contributed by atoms with van der Waals surface area (Å²) in [6.07, 6.45) is 3.86. The highest BCUT2D eigenvalue weighted by Gasteiger charge is 2.09. The Morgan fingerprint density at radius 2 is 2.11 bits per heavy atom. The lowest BCUT2D eigenvalue weighted by Crippen LogP contribution is -2.21. The maximum atomic E-state index is 5.78. The Morgan fingerprint density at radius 1 is 1.33 bits per heavy atom. The number of rotatable bonds is 5. The van der Waals surface area contributed by atoms with Crippen LogP contribution in [0.25, 0.3) is 11.3 Å². The number of hydrogen-bond donors (Lipinski definition) is 1. The molecule has 0 amide bonds. The van der Waals surface area contributed by atoms with E-state index in [2.05, 4.69) is 42.5 Å². The van der Waals surface area contributed by atoms with E-state index in [1.54, 1.807) is 18.0 Å². The molecule has 2 aromatic rings. The first kappa shape index (κ1) is 13.2. The predicted octanol–water partition coefficient (Wildman–Crippen LogP) is 3.56. The van der Waals surface area contributed by atoms with Gasteiger partial charge in [0.1, 0.15) is 0 Å². The van der Waals surface area contributed by atoms with E-state index in [1.165, 1.54) is 4.90 Å². The summed E-state index contributed by atoms with van der Waals surface area (Å²) in [5, 5.41) is 3.29. The monoisotopic (exact) mass is 262 g/mol. The van der Waals surface area contributed by atoms with Gasteiger partial charge in [-0.3, -0.25) is 0 Å². The Labute approximate surface area is 112 Å². The number of nitrogens with zero attached hydrogens (tertiary/aromatic N) is 1. The van der Waals surface area contributed by atoms with E-state index >= 15 is 0 Å². The van der Waals surface area contributed by atoms with Crippen molar-refractivity contribution in [3.05, 3.63) is 36.4 Å². The number of hydrogen-bond acceptors (Lipinski definition) is 4. The largest absolute Gasteiger partial charge is 0.439 e. The standard InChI is InChI=1S/C14H18N2OS/c1-10(2)15-9-14-16-8-12(17-14)11-6-4-5-7-13(11)18-3/h4-8,10,15H,9H2,1-3H3. The first-order valence-electron chi connectivity index (χ1n) is 6.02. The molecule has 1 heterocycles. The first-order valence-corrected chi connectivity index (χ1v) is 7.24. The Bertz CT molecular complexity index is 508. The van der Waals surface area contributed by atoms with Gasteiger partial charge in [-0.1, -0.05) is 32.0 Å². The van der Waals surface area contributed by atoms with E-state index in [0.29, 0.717) is 12.6 Å². The molecule has 0 spiro atoms. The molecule has 0 saturated heterocycles. The molecule has 0 fully saturated rings. The number of thioether (sulfide) groups is 1. The summed E-state index contributed by atoms with van der Waals surface area (Å²) < 4.78 is 5.78. The van der Waals surface area contributed by atoms with E-state index < -0.39 is 0 Å². The van der Waals surface area contributed by atoms with Crippen LogP contribution in [0.2, 0.25) is 0 Å². The zero-order chi connectivity index (χ0) is 13.0. The van der Waals surface area contributed by atoms with Crippen LogP contribution >= 0.6 is 11.8 Å². The lowest BCUT2D eigenvalue weighted by atomic mass is 10.2. The summed E-state index contributed by atoms with van der Waals surface area (Å²) in [5.41, 5.74) is 1.10. The van der Waals surface area contributed by atoms with Crippen molar-refractivity contribution in [2.45, 2.75) is 31.3 Å². The molecular formula is C14H18N2OS. The molecular weight excluding hydrogens is 244 g/mol. The molecule has 0 saturated carbocycles. The molecule has 0 bridgehead atoms. The maximum Gasteiger partial charge on any atom is 0.208 e. The van der Waals surface area contributed by atoms with Gasteiger partial charge >= 0.3 is 0 Å². The van der Waals surface area contributed by atoms with Crippen molar-refractivity contribution in [3.63, 3.8) is 0 Å². The maximum absolute atomic E-state index is 5.78. The molecule has 0 unspecified atom stereocenters. The van der Waals surface area contributed by atoms with Crippen LogP contribution in [0, 0.1) is 0 Å². The number of nitrogens with one attached hydrogen (secondary N) is 1. The molecule has 96 valence electrons. The average molecular weight is 262 g/mol. The molecule has 0 radical (unpaired) electrons. The summed E-state index contributed by atoms with van der Waals surface area (Å²) in [7, 11) is 0. The van der Waals surface area contributed by atoms with Crippen molar-refractivity contribution in [1.29, 1.82) is 0 Å². The predicted molar refractivity (Wildman–Crippen MR) is 75.7 cm³/mol. The smallest absolute Gasteiger partial charge is 0.208 e. The van der Waals surface area contributed by atoms with Crippen LogP contribution in [0.5, 0.6) is 0 Å². The minimum atomic E-state index is 0.429. The van der Waals surface area contributed by atoms with E-state index in [4.69, 9.17) is 4.42 Å². The molecule has 0 aliphatic rings. The summed E-state index contributed by atoms with van der Waals surface area (Å²) in [5.74, 6) is 1.56. The van der Waals surface area contributed by atoms with Gasteiger partial charge in [-0.25, -0.2) is 4.98 Å². The van der Waals surface area contributed by atoms with Gasteiger partial charge in [0.2, 0.25) is 5.89 Å². The highest BCUT2D eigenvalue weighted by Crippen LogP contribution is 2.30. The SMILES string of the molecule is CSc1ccccc1-c1cnc(CNC(C)C)o1. The molecule has 3 nitrogen and oxygen atoms in total. The molecule has 0 atom stereocenters. The Balaban J connectivity index is 2.18. The summed E-state index contributed by atoms with van der Waals surface area (Å²) in [6.45, 7) is 4.87. The minimum Gasteiger partial charge on any atom is -0.439 e. The average Bonchev–Trinajstić information content (AvgIpc) is 2.85. The van der Waals surface area contributed by atoms with E-state index in [-0.39, 0.29) is 0 Å². The summed E-state index contributed by atoms with van der Waals surface area (Å²) >= 11 is 1.71. The highest BCUT2D eigenvalue weighted by atomic mass is 32.2. The van der Waals surface area contributed by atoms with Crippen molar-refractivity contribution in [1.82, 2.24) is 10.3 Å². The molecule has 2 rings (SSSR count). The zero-order valence-electron chi connectivity index (χ0n) is 10.9. The normalized spacial score (nSPS) is 11.1. The van der Waals surface area contributed by atoms with Crippen LogP contribution in [0.15, 0.2) is 39.8 Å². The highest BCUT2D eigenvalue weighted by molar-refractivity contribution is 7.98. The number of oxazole rings is 1. The van der Waals surface area contributed by atoms with E-state index in [9.17, 15) is 0 Å². The third-order valence-corrected chi connectivity index (χ3v) is 3.38. The lowest BCUT2D eigenvalue weighted by Gasteiger charge is -2.05. The van der Waals surface area contributed by atoms with Crippen LogP contribution in [-0.4, -0.2) is 17.3 Å². The zero-order valence-corrected chi connectivity index (χ0v) is 11.8. The third kappa shape index (κ3) is 3.15. The Hall–Kier alpha value is -1.26. The van der Waals surface area contributed by atoms with Gasteiger partial charge in [0.15, 0.2) is 5.76 Å². The number of benzene rings is 1. The van der Waals surface area contributed by atoms with Gasteiger partial charge in [-0.2, -0.15) is 0 Å². The van der Waals surface area contributed by atoms with Crippen molar-refractivity contribution in [2.75, 3.05) is 6.26 Å². The minimum absolute atomic E-state index is 0.429. The van der Waals surface area contributed by atoms with Crippen LogP contribution in [-0.2, 0) is 6.54 Å². The van der Waals surface area contributed by atoms with Gasteiger partial charge in [-0.15, -0.1) is 11.8 Å². The van der Waals surface area contributed by atoms with Crippen LogP contribution < -0.4 is 5.32 Å². The molecule has 0 aliphatic carbocycles. The van der Waals surface area contributed by atoms with Crippen LogP contribution in [0.4, 0.5) is 0 Å². The van der Waals surface area contributed by atoms with Gasteiger partial charge in [0.25, 0.3) is 0 Å². The molecule has 1 aromatic heterocycles. The van der Waals surface area contributed by atoms with Crippen molar-refractivity contribution >= 4 is 11.8 Å². The quantitative estimate of drug-likeness (QED) is 0.836. The number of aromatic nitrogens is 1. The van der Waals surface area contributed by atoms with Crippen molar-refractivity contribution < 1.29 is 4.42 Å². The topological polar surface area (TPSA) is 38.1 Å². The fourth-order valence-electron chi connectivity index (χ4n) is 1.66. The Kier molecular flexibility index (Phi) is 4.44. The molecule has 18 heavy (non-hydrogen) atoms. The summed E-state index contributed by atoms with van der Waals surface area (Å²) in [4.78, 5) is 5.51.